The minimum atomic E-state index is -0.847. The minimum Gasteiger partial charge on any atom is -0.480 e. The zero-order valence-corrected chi connectivity index (χ0v) is 11.5. The van der Waals surface area contributed by atoms with Gasteiger partial charge >= 0.3 is 5.97 Å². The number of hydrogen-bond donors (Lipinski definition) is 2. The molecule has 2 aromatic carbocycles. The van der Waals surface area contributed by atoms with Crippen molar-refractivity contribution in [2.24, 2.45) is 0 Å². The van der Waals surface area contributed by atoms with E-state index in [9.17, 15) is 9.90 Å². The number of rotatable bonds is 6. The van der Waals surface area contributed by atoms with Crippen molar-refractivity contribution in [3.8, 4) is 0 Å². The lowest BCUT2D eigenvalue weighted by molar-refractivity contribution is -0.139. The molecule has 3 nitrogen and oxygen atoms in total. The summed E-state index contributed by atoms with van der Waals surface area (Å²) in [6.07, 6.45) is 0.818. The second-order valence-corrected chi connectivity index (χ2v) is 4.88. The van der Waals surface area contributed by atoms with Gasteiger partial charge in [0, 0.05) is 6.54 Å². The summed E-state index contributed by atoms with van der Waals surface area (Å²) in [5, 5.41) is 12.4. The molecule has 0 radical (unpaired) electrons. The average Bonchev–Trinajstić information content (AvgIpc) is 2.44. The molecule has 0 spiro atoms. The lowest BCUT2D eigenvalue weighted by Gasteiger charge is -2.14. The van der Waals surface area contributed by atoms with Gasteiger partial charge < -0.3 is 10.4 Å². The first kappa shape index (κ1) is 14.3. The first-order valence-corrected chi connectivity index (χ1v) is 6.73. The second-order valence-electron chi connectivity index (χ2n) is 4.88. The van der Waals surface area contributed by atoms with E-state index in [2.05, 4.69) is 30.4 Å². The summed E-state index contributed by atoms with van der Waals surface area (Å²) in [4.78, 5) is 11.3. The Balaban J connectivity index is 1.95. The molecule has 2 N–H and O–H groups in total. The van der Waals surface area contributed by atoms with Gasteiger partial charge in [0.25, 0.3) is 0 Å². The average molecular weight is 269 g/mol. The maximum atomic E-state index is 11.3. The van der Waals surface area contributed by atoms with Gasteiger partial charge in [-0.15, -0.1) is 0 Å². The molecule has 3 heteroatoms. The van der Waals surface area contributed by atoms with E-state index in [4.69, 9.17) is 0 Å². The number of aryl methyl sites for hydroxylation is 1. The zero-order valence-electron chi connectivity index (χ0n) is 11.5. The Morgan fingerprint density at radius 1 is 1.15 bits per heavy atom. The standard InChI is InChI=1S/C17H19NO2/c1-13-6-5-7-14(12-13)10-11-18-16(17(19)20)15-8-3-2-4-9-15/h2-9,12,16,18H,10-11H2,1H3,(H,19,20). The van der Waals surface area contributed by atoms with Gasteiger partial charge in [0.15, 0.2) is 0 Å². The van der Waals surface area contributed by atoms with Crippen LogP contribution < -0.4 is 5.32 Å². The molecule has 0 heterocycles. The van der Waals surface area contributed by atoms with Crippen molar-refractivity contribution >= 4 is 5.97 Å². The summed E-state index contributed by atoms with van der Waals surface area (Å²) in [5.74, 6) is -0.847. The smallest absolute Gasteiger partial charge is 0.325 e. The molecule has 20 heavy (non-hydrogen) atoms. The van der Waals surface area contributed by atoms with Crippen LogP contribution >= 0.6 is 0 Å². The van der Waals surface area contributed by atoms with Crippen LogP contribution in [0.4, 0.5) is 0 Å². The Hall–Kier alpha value is -2.13. The number of benzene rings is 2. The Morgan fingerprint density at radius 3 is 2.55 bits per heavy atom. The lowest BCUT2D eigenvalue weighted by Crippen LogP contribution is -2.30. The van der Waals surface area contributed by atoms with Gasteiger partial charge in [-0.3, -0.25) is 4.79 Å². The number of carboxylic acid groups (broad SMARTS) is 1. The lowest BCUT2D eigenvalue weighted by atomic mass is 10.1. The highest BCUT2D eigenvalue weighted by Crippen LogP contribution is 2.13. The van der Waals surface area contributed by atoms with Gasteiger partial charge in [-0.25, -0.2) is 0 Å². The molecule has 0 aliphatic carbocycles. The molecule has 0 saturated carbocycles. The van der Waals surface area contributed by atoms with E-state index in [-0.39, 0.29) is 0 Å². The molecule has 1 unspecified atom stereocenters. The van der Waals surface area contributed by atoms with Gasteiger partial charge in [0.2, 0.25) is 0 Å². The van der Waals surface area contributed by atoms with Crippen LogP contribution in [-0.4, -0.2) is 17.6 Å². The quantitative estimate of drug-likeness (QED) is 0.847. The van der Waals surface area contributed by atoms with Crippen LogP contribution in [0.1, 0.15) is 22.7 Å². The van der Waals surface area contributed by atoms with Gasteiger partial charge in [-0.2, -0.15) is 0 Å². The first-order chi connectivity index (χ1) is 9.66. The number of hydrogen-bond acceptors (Lipinski definition) is 2. The Bertz CT molecular complexity index is 566. The minimum absolute atomic E-state index is 0.634. The van der Waals surface area contributed by atoms with E-state index in [0.29, 0.717) is 6.54 Å². The molecule has 0 fully saturated rings. The molecule has 0 saturated heterocycles. The monoisotopic (exact) mass is 269 g/mol. The van der Waals surface area contributed by atoms with Crippen LogP contribution in [0.25, 0.3) is 0 Å². The second kappa shape index (κ2) is 6.87. The highest BCUT2D eigenvalue weighted by atomic mass is 16.4. The number of aliphatic carboxylic acids is 1. The summed E-state index contributed by atoms with van der Waals surface area (Å²) < 4.78 is 0. The number of nitrogens with one attached hydrogen (secondary N) is 1. The van der Waals surface area contributed by atoms with Gasteiger partial charge in [0.1, 0.15) is 6.04 Å². The molecule has 1 atom stereocenters. The summed E-state index contributed by atoms with van der Waals surface area (Å²) >= 11 is 0. The maximum absolute atomic E-state index is 11.3. The summed E-state index contributed by atoms with van der Waals surface area (Å²) in [7, 11) is 0. The molecular weight excluding hydrogens is 250 g/mol. The zero-order chi connectivity index (χ0) is 14.4. The third-order valence-electron chi connectivity index (χ3n) is 3.22. The number of carboxylic acids is 1. The molecule has 2 aromatic rings. The van der Waals surface area contributed by atoms with Crippen LogP contribution in [0.3, 0.4) is 0 Å². The fourth-order valence-corrected chi connectivity index (χ4v) is 2.22. The van der Waals surface area contributed by atoms with E-state index in [1.54, 1.807) is 0 Å². The van der Waals surface area contributed by atoms with Crippen molar-refractivity contribution in [1.29, 1.82) is 0 Å². The first-order valence-electron chi connectivity index (χ1n) is 6.73. The summed E-state index contributed by atoms with van der Waals surface area (Å²) in [6, 6.07) is 16.9. The van der Waals surface area contributed by atoms with E-state index in [0.717, 1.165) is 12.0 Å². The normalized spacial score (nSPS) is 12.1. The molecule has 0 aliphatic rings. The molecular formula is C17H19NO2. The Morgan fingerprint density at radius 2 is 1.90 bits per heavy atom. The SMILES string of the molecule is Cc1cccc(CCNC(C(=O)O)c2ccccc2)c1. The van der Waals surface area contributed by atoms with Gasteiger partial charge in [0.05, 0.1) is 0 Å². The molecule has 104 valence electrons. The van der Waals surface area contributed by atoms with E-state index < -0.39 is 12.0 Å². The van der Waals surface area contributed by atoms with Crippen LogP contribution in [0.5, 0.6) is 0 Å². The predicted molar refractivity (Wildman–Crippen MR) is 79.7 cm³/mol. The summed E-state index contributed by atoms with van der Waals surface area (Å²) in [5.41, 5.74) is 3.22. The van der Waals surface area contributed by atoms with Crippen molar-refractivity contribution in [2.75, 3.05) is 6.54 Å². The van der Waals surface area contributed by atoms with Crippen molar-refractivity contribution in [1.82, 2.24) is 5.32 Å². The number of carbonyl (C=O) groups is 1. The third kappa shape index (κ3) is 3.93. The van der Waals surface area contributed by atoms with E-state index >= 15 is 0 Å². The largest absolute Gasteiger partial charge is 0.480 e. The fourth-order valence-electron chi connectivity index (χ4n) is 2.22. The van der Waals surface area contributed by atoms with Crippen LogP contribution in [0.15, 0.2) is 54.6 Å². The molecule has 0 bridgehead atoms. The van der Waals surface area contributed by atoms with Crippen LogP contribution in [-0.2, 0) is 11.2 Å². The van der Waals surface area contributed by atoms with Gasteiger partial charge in [-0.1, -0.05) is 60.2 Å². The topological polar surface area (TPSA) is 49.3 Å². The van der Waals surface area contributed by atoms with Crippen molar-refractivity contribution in [3.63, 3.8) is 0 Å². The van der Waals surface area contributed by atoms with Crippen LogP contribution in [0, 0.1) is 6.92 Å². The van der Waals surface area contributed by atoms with Crippen LogP contribution in [0.2, 0.25) is 0 Å². The highest BCUT2D eigenvalue weighted by Gasteiger charge is 2.18. The third-order valence-corrected chi connectivity index (χ3v) is 3.22. The predicted octanol–water partition coefficient (Wildman–Crippen LogP) is 2.95. The highest BCUT2D eigenvalue weighted by molar-refractivity contribution is 5.75. The Kier molecular flexibility index (Phi) is 4.91. The Labute approximate surface area is 119 Å². The van der Waals surface area contributed by atoms with Crippen molar-refractivity contribution < 1.29 is 9.90 Å². The van der Waals surface area contributed by atoms with E-state index in [1.165, 1.54) is 11.1 Å². The molecule has 2 rings (SSSR count). The molecule has 0 aromatic heterocycles. The van der Waals surface area contributed by atoms with Crippen molar-refractivity contribution in [2.45, 2.75) is 19.4 Å². The fraction of sp³-hybridized carbons (Fsp3) is 0.235. The van der Waals surface area contributed by atoms with Crippen molar-refractivity contribution in [3.05, 3.63) is 71.3 Å². The van der Waals surface area contributed by atoms with Gasteiger partial charge in [-0.05, 0) is 24.5 Å². The summed E-state index contributed by atoms with van der Waals surface area (Å²) in [6.45, 7) is 2.69. The molecule has 0 aliphatic heterocycles. The molecule has 0 amide bonds. The maximum Gasteiger partial charge on any atom is 0.325 e. The van der Waals surface area contributed by atoms with E-state index in [1.807, 2.05) is 36.4 Å².